The molecule has 17 heavy (non-hydrogen) atoms. The predicted octanol–water partition coefficient (Wildman–Crippen LogP) is 3.22. The SMILES string of the molecule is S=c1nc(Cc2ccccc2)[nH]c2c1CCC2. The fraction of sp³-hybridized carbons (Fsp3) is 0.286. The molecule has 1 aromatic carbocycles. The number of H-pyrrole nitrogens is 1. The summed E-state index contributed by atoms with van der Waals surface area (Å²) < 4.78 is 0.794. The van der Waals surface area contributed by atoms with Crippen LogP contribution in [0.5, 0.6) is 0 Å². The number of hydrogen-bond donors (Lipinski definition) is 1. The van der Waals surface area contributed by atoms with E-state index in [9.17, 15) is 0 Å². The maximum Gasteiger partial charge on any atom is 0.133 e. The van der Waals surface area contributed by atoms with Crippen molar-refractivity contribution >= 4 is 12.2 Å². The van der Waals surface area contributed by atoms with Crippen LogP contribution in [-0.4, -0.2) is 9.97 Å². The lowest BCUT2D eigenvalue weighted by Crippen LogP contribution is -2.01. The van der Waals surface area contributed by atoms with Gasteiger partial charge in [-0.15, -0.1) is 0 Å². The van der Waals surface area contributed by atoms with Crippen LogP contribution in [0.1, 0.15) is 29.1 Å². The molecule has 3 rings (SSSR count). The lowest BCUT2D eigenvalue weighted by Gasteiger charge is -2.05. The summed E-state index contributed by atoms with van der Waals surface area (Å²) in [6.07, 6.45) is 4.23. The van der Waals surface area contributed by atoms with Crippen molar-refractivity contribution in [3.8, 4) is 0 Å². The lowest BCUT2D eigenvalue weighted by atomic mass is 10.1. The van der Waals surface area contributed by atoms with E-state index in [1.807, 2.05) is 6.07 Å². The largest absolute Gasteiger partial charge is 0.347 e. The third-order valence-electron chi connectivity index (χ3n) is 3.22. The maximum absolute atomic E-state index is 5.35. The highest BCUT2D eigenvalue weighted by molar-refractivity contribution is 7.71. The first-order valence-electron chi connectivity index (χ1n) is 5.98. The van der Waals surface area contributed by atoms with Crippen LogP contribution < -0.4 is 0 Å². The molecule has 2 nitrogen and oxygen atoms in total. The highest BCUT2D eigenvalue weighted by Gasteiger charge is 2.14. The zero-order valence-corrected chi connectivity index (χ0v) is 10.4. The molecular formula is C14H14N2S. The second-order valence-electron chi connectivity index (χ2n) is 4.46. The van der Waals surface area contributed by atoms with Crippen LogP contribution in [0.2, 0.25) is 0 Å². The van der Waals surface area contributed by atoms with Gasteiger partial charge in [-0.05, 0) is 24.8 Å². The number of benzene rings is 1. The Morgan fingerprint density at radius 1 is 1.18 bits per heavy atom. The molecule has 0 radical (unpaired) electrons. The summed E-state index contributed by atoms with van der Waals surface area (Å²) in [7, 11) is 0. The fourth-order valence-electron chi connectivity index (χ4n) is 2.38. The number of aromatic amines is 1. The molecule has 1 aliphatic rings. The number of rotatable bonds is 2. The van der Waals surface area contributed by atoms with E-state index in [0.29, 0.717) is 0 Å². The van der Waals surface area contributed by atoms with E-state index < -0.39 is 0 Å². The van der Waals surface area contributed by atoms with E-state index in [1.165, 1.54) is 23.2 Å². The number of hydrogen-bond acceptors (Lipinski definition) is 2. The van der Waals surface area contributed by atoms with Gasteiger partial charge >= 0.3 is 0 Å². The van der Waals surface area contributed by atoms with E-state index in [0.717, 1.165) is 29.7 Å². The lowest BCUT2D eigenvalue weighted by molar-refractivity contribution is 0.885. The van der Waals surface area contributed by atoms with Crippen LogP contribution in [0, 0.1) is 4.64 Å². The summed E-state index contributed by atoms with van der Waals surface area (Å²) in [6, 6.07) is 10.4. The van der Waals surface area contributed by atoms with Crippen LogP contribution >= 0.6 is 12.2 Å². The summed E-state index contributed by atoms with van der Waals surface area (Å²) in [5.41, 5.74) is 3.83. The van der Waals surface area contributed by atoms with Crippen molar-refractivity contribution in [3.05, 3.63) is 57.6 Å². The topological polar surface area (TPSA) is 28.7 Å². The minimum atomic E-state index is 0.794. The first-order valence-corrected chi connectivity index (χ1v) is 6.38. The van der Waals surface area contributed by atoms with Crippen molar-refractivity contribution in [1.29, 1.82) is 0 Å². The Hall–Kier alpha value is -1.48. The van der Waals surface area contributed by atoms with Gasteiger partial charge in [0.05, 0.1) is 0 Å². The normalized spacial score (nSPS) is 13.6. The van der Waals surface area contributed by atoms with Gasteiger partial charge in [0.15, 0.2) is 0 Å². The van der Waals surface area contributed by atoms with Gasteiger partial charge in [0.25, 0.3) is 0 Å². The van der Waals surface area contributed by atoms with Crippen LogP contribution in [0.15, 0.2) is 30.3 Å². The highest BCUT2D eigenvalue weighted by Crippen LogP contribution is 2.20. The van der Waals surface area contributed by atoms with Gasteiger partial charge in [-0.25, -0.2) is 4.98 Å². The Kier molecular flexibility index (Phi) is 2.77. The summed E-state index contributed by atoms with van der Waals surface area (Å²) in [6.45, 7) is 0. The highest BCUT2D eigenvalue weighted by atomic mass is 32.1. The first-order chi connectivity index (χ1) is 8.33. The second-order valence-corrected chi connectivity index (χ2v) is 4.85. The molecule has 0 unspecified atom stereocenters. The van der Waals surface area contributed by atoms with Crippen molar-refractivity contribution in [3.63, 3.8) is 0 Å². The van der Waals surface area contributed by atoms with Crippen molar-refractivity contribution in [2.75, 3.05) is 0 Å². The molecule has 1 heterocycles. The molecule has 0 spiro atoms. The van der Waals surface area contributed by atoms with Gasteiger partial charge in [0.1, 0.15) is 10.5 Å². The van der Waals surface area contributed by atoms with Gasteiger partial charge in [-0.2, -0.15) is 0 Å². The van der Waals surface area contributed by atoms with E-state index in [4.69, 9.17) is 12.2 Å². The van der Waals surface area contributed by atoms with E-state index >= 15 is 0 Å². The van der Waals surface area contributed by atoms with Gasteiger partial charge < -0.3 is 4.98 Å². The average molecular weight is 242 g/mol. The van der Waals surface area contributed by atoms with E-state index in [2.05, 4.69) is 34.2 Å². The standard InChI is InChI=1S/C14H14N2S/c17-14-11-7-4-8-12(11)15-13(16-14)9-10-5-2-1-3-6-10/h1-3,5-6H,4,7-9H2,(H,15,16,17). The average Bonchev–Trinajstić information content (AvgIpc) is 2.79. The van der Waals surface area contributed by atoms with Crippen LogP contribution in [0.4, 0.5) is 0 Å². The van der Waals surface area contributed by atoms with Crippen LogP contribution in [0.25, 0.3) is 0 Å². The van der Waals surface area contributed by atoms with Crippen molar-refractivity contribution < 1.29 is 0 Å². The summed E-state index contributed by atoms with van der Waals surface area (Å²) in [5, 5.41) is 0. The molecule has 1 N–H and O–H groups in total. The van der Waals surface area contributed by atoms with E-state index in [1.54, 1.807) is 0 Å². The fourth-order valence-corrected chi connectivity index (χ4v) is 2.72. The van der Waals surface area contributed by atoms with Gasteiger partial charge in [0.2, 0.25) is 0 Å². The number of aromatic nitrogens is 2. The Balaban J connectivity index is 1.95. The zero-order chi connectivity index (χ0) is 11.7. The molecule has 0 aliphatic heterocycles. The molecule has 0 atom stereocenters. The van der Waals surface area contributed by atoms with Gasteiger partial charge in [0, 0.05) is 17.7 Å². The second kappa shape index (κ2) is 4.41. The van der Waals surface area contributed by atoms with Crippen LogP contribution in [0.3, 0.4) is 0 Å². The van der Waals surface area contributed by atoms with E-state index in [-0.39, 0.29) is 0 Å². The van der Waals surface area contributed by atoms with Crippen molar-refractivity contribution in [2.45, 2.75) is 25.7 Å². The summed E-state index contributed by atoms with van der Waals surface area (Å²) in [5.74, 6) is 0.988. The third kappa shape index (κ3) is 2.15. The van der Waals surface area contributed by atoms with Gasteiger partial charge in [-0.3, -0.25) is 0 Å². The third-order valence-corrected chi connectivity index (χ3v) is 3.56. The molecule has 86 valence electrons. The van der Waals surface area contributed by atoms with Gasteiger partial charge in [-0.1, -0.05) is 42.5 Å². The monoisotopic (exact) mass is 242 g/mol. The molecule has 0 amide bonds. The number of fused-ring (bicyclic) bond motifs is 1. The molecule has 3 heteroatoms. The quantitative estimate of drug-likeness (QED) is 0.819. The van der Waals surface area contributed by atoms with Crippen molar-refractivity contribution in [2.24, 2.45) is 0 Å². The molecule has 1 aromatic heterocycles. The molecular weight excluding hydrogens is 228 g/mol. The number of nitrogens with one attached hydrogen (secondary N) is 1. The minimum absolute atomic E-state index is 0.794. The smallest absolute Gasteiger partial charge is 0.133 e. The first kappa shape index (κ1) is 10.7. The zero-order valence-electron chi connectivity index (χ0n) is 9.57. The Bertz CT molecular complexity index is 587. The van der Waals surface area contributed by atoms with Crippen molar-refractivity contribution in [1.82, 2.24) is 9.97 Å². The summed E-state index contributed by atoms with van der Waals surface area (Å²) in [4.78, 5) is 7.94. The summed E-state index contributed by atoms with van der Waals surface area (Å²) >= 11 is 5.35. The Morgan fingerprint density at radius 2 is 2.00 bits per heavy atom. The Morgan fingerprint density at radius 3 is 2.82 bits per heavy atom. The molecule has 0 saturated heterocycles. The van der Waals surface area contributed by atoms with Crippen LogP contribution in [-0.2, 0) is 19.3 Å². The molecule has 1 aliphatic carbocycles. The minimum Gasteiger partial charge on any atom is -0.347 e. The predicted molar refractivity (Wildman–Crippen MR) is 70.7 cm³/mol. The molecule has 0 saturated carbocycles. The Labute approximate surface area is 106 Å². The molecule has 0 fully saturated rings. The molecule has 0 bridgehead atoms. The maximum atomic E-state index is 5.35. The molecule has 2 aromatic rings. The number of aryl methyl sites for hydroxylation is 1. The number of nitrogens with zero attached hydrogens (tertiary/aromatic N) is 1.